The standard InChI is InChI=1S/C14H12BrN3O2S/c15-12-9-14(11-17-10-12)21(19,20)18(8-4-7-16)13-5-2-1-3-6-13/h1-3,5-6,9-11H,4,8H2. The van der Waals surface area contributed by atoms with E-state index in [4.69, 9.17) is 5.26 Å². The fourth-order valence-electron chi connectivity index (χ4n) is 1.79. The van der Waals surface area contributed by atoms with Crippen LogP contribution < -0.4 is 4.31 Å². The zero-order valence-corrected chi connectivity index (χ0v) is 13.4. The third-order valence-corrected chi connectivity index (χ3v) is 4.96. The first-order valence-corrected chi connectivity index (χ1v) is 8.34. The molecule has 0 spiro atoms. The number of nitrogens with zero attached hydrogens (tertiary/aromatic N) is 3. The number of anilines is 1. The van der Waals surface area contributed by atoms with Crippen LogP contribution in [0.5, 0.6) is 0 Å². The molecule has 5 nitrogen and oxygen atoms in total. The first-order chi connectivity index (χ1) is 10.1. The van der Waals surface area contributed by atoms with Crippen molar-refractivity contribution in [3.05, 3.63) is 53.3 Å². The summed E-state index contributed by atoms with van der Waals surface area (Å²) in [5.41, 5.74) is 0.521. The predicted octanol–water partition coefficient (Wildman–Crippen LogP) is 2.95. The number of benzene rings is 1. The van der Waals surface area contributed by atoms with Crippen LogP contribution in [0, 0.1) is 11.3 Å². The number of nitriles is 1. The molecule has 0 bridgehead atoms. The number of hydrogen-bond donors (Lipinski definition) is 0. The monoisotopic (exact) mass is 365 g/mol. The topological polar surface area (TPSA) is 74.1 Å². The summed E-state index contributed by atoms with van der Waals surface area (Å²) >= 11 is 3.21. The summed E-state index contributed by atoms with van der Waals surface area (Å²) in [6.45, 7) is 0.0926. The van der Waals surface area contributed by atoms with Crippen LogP contribution in [0.4, 0.5) is 5.69 Å². The third-order valence-electron chi connectivity index (χ3n) is 2.74. The van der Waals surface area contributed by atoms with Crippen LogP contribution in [0.1, 0.15) is 6.42 Å². The summed E-state index contributed by atoms with van der Waals surface area (Å²) in [5, 5.41) is 8.75. The molecule has 0 unspecified atom stereocenters. The average molecular weight is 366 g/mol. The van der Waals surface area contributed by atoms with Crippen molar-refractivity contribution >= 4 is 31.6 Å². The fraction of sp³-hybridized carbons (Fsp3) is 0.143. The molecule has 1 aromatic heterocycles. The van der Waals surface area contributed by atoms with Gasteiger partial charge in [-0.2, -0.15) is 5.26 Å². The van der Waals surface area contributed by atoms with Gasteiger partial charge in [0.05, 0.1) is 18.2 Å². The fourth-order valence-corrected chi connectivity index (χ4v) is 3.77. The second kappa shape index (κ2) is 6.70. The third kappa shape index (κ3) is 3.60. The highest BCUT2D eigenvalue weighted by Gasteiger charge is 2.25. The summed E-state index contributed by atoms with van der Waals surface area (Å²) in [4.78, 5) is 3.97. The molecule has 0 N–H and O–H groups in total. The van der Waals surface area contributed by atoms with Crippen molar-refractivity contribution in [2.45, 2.75) is 11.3 Å². The zero-order valence-electron chi connectivity index (χ0n) is 11.0. The van der Waals surface area contributed by atoms with Crippen LogP contribution in [-0.4, -0.2) is 19.9 Å². The minimum Gasteiger partial charge on any atom is -0.265 e. The van der Waals surface area contributed by atoms with E-state index in [9.17, 15) is 8.42 Å². The molecular weight excluding hydrogens is 354 g/mol. The summed E-state index contributed by atoms with van der Waals surface area (Å²) in [7, 11) is -3.76. The van der Waals surface area contributed by atoms with Gasteiger partial charge in [0.1, 0.15) is 4.90 Å². The van der Waals surface area contributed by atoms with E-state index in [0.717, 1.165) is 0 Å². The Labute approximate surface area is 132 Å². The highest BCUT2D eigenvalue weighted by atomic mass is 79.9. The Morgan fingerprint density at radius 2 is 1.95 bits per heavy atom. The molecule has 108 valence electrons. The van der Waals surface area contributed by atoms with Crippen molar-refractivity contribution in [2.75, 3.05) is 10.8 Å². The molecule has 2 aromatic rings. The maximum atomic E-state index is 12.7. The number of halogens is 1. The van der Waals surface area contributed by atoms with Crippen LogP contribution >= 0.6 is 15.9 Å². The second-order valence-corrected chi connectivity index (χ2v) is 6.94. The maximum absolute atomic E-state index is 12.7. The molecule has 0 aliphatic heterocycles. The molecule has 2 rings (SSSR count). The lowest BCUT2D eigenvalue weighted by Gasteiger charge is -2.23. The van der Waals surface area contributed by atoms with Gasteiger partial charge < -0.3 is 0 Å². The van der Waals surface area contributed by atoms with E-state index in [0.29, 0.717) is 10.2 Å². The SMILES string of the molecule is N#CCCN(c1ccccc1)S(=O)(=O)c1cncc(Br)c1. The molecule has 0 saturated carbocycles. The van der Waals surface area contributed by atoms with Crippen LogP contribution in [0.25, 0.3) is 0 Å². The molecule has 0 saturated heterocycles. The minimum atomic E-state index is -3.76. The van der Waals surface area contributed by atoms with E-state index < -0.39 is 10.0 Å². The van der Waals surface area contributed by atoms with Crippen LogP contribution in [0.3, 0.4) is 0 Å². The van der Waals surface area contributed by atoms with E-state index in [1.165, 1.54) is 22.8 Å². The van der Waals surface area contributed by atoms with Gasteiger partial charge >= 0.3 is 0 Å². The van der Waals surface area contributed by atoms with Crippen molar-refractivity contribution in [1.82, 2.24) is 4.98 Å². The van der Waals surface area contributed by atoms with Crippen molar-refractivity contribution in [3.8, 4) is 6.07 Å². The Balaban J connectivity index is 2.48. The summed E-state index contributed by atoms with van der Waals surface area (Å²) in [6, 6.07) is 12.2. The highest BCUT2D eigenvalue weighted by Crippen LogP contribution is 2.24. The smallest absolute Gasteiger partial charge is 0.265 e. The summed E-state index contributed by atoms with van der Waals surface area (Å²) in [6.07, 6.45) is 2.92. The van der Waals surface area contributed by atoms with Crippen molar-refractivity contribution < 1.29 is 8.42 Å². The lowest BCUT2D eigenvalue weighted by molar-refractivity contribution is 0.590. The summed E-state index contributed by atoms with van der Waals surface area (Å²) < 4.78 is 27.3. The highest BCUT2D eigenvalue weighted by molar-refractivity contribution is 9.10. The number of rotatable bonds is 5. The zero-order chi connectivity index (χ0) is 15.3. The molecule has 1 heterocycles. The van der Waals surface area contributed by atoms with Crippen LogP contribution in [0.15, 0.2) is 58.2 Å². The van der Waals surface area contributed by atoms with Gasteiger partial charge in [0.2, 0.25) is 0 Å². The Morgan fingerprint density at radius 1 is 1.24 bits per heavy atom. The number of sulfonamides is 1. The van der Waals surface area contributed by atoms with Gasteiger partial charge in [0, 0.05) is 23.4 Å². The maximum Gasteiger partial charge on any atom is 0.265 e. The minimum absolute atomic E-state index is 0.0821. The van der Waals surface area contributed by atoms with Gasteiger partial charge in [0.25, 0.3) is 10.0 Å². The van der Waals surface area contributed by atoms with Gasteiger partial charge in [-0.05, 0) is 34.1 Å². The molecule has 21 heavy (non-hydrogen) atoms. The molecule has 0 aliphatic rings. The molecular formula is C14H12BrN3O2S. The Kier molecular flexibility index (Phi) is 4.94. The van der Waals surface area contributed by atoms with Crippen molar-refractivity contribution in [1.29, 1.82) is 5.26 Å². The molecule has 0 aliphatic carbocycles. The summed E-state index contributed by atoms with van der Waals surface area (Å²) in [5.74, 6) is 0. The van der Waals surface area contributed by atoms with Gasteiger partial charge in [-0.15, -0.1) is 0 Å². The van der Waals surface area contributed by atoms with E-state index in [1.54, 1.807) is 30.3 Å². The number of pyridine rings is 1. The number of aromatic nitrogens is 1. The molecule has 0 radical (unpaired) electrons. The van der Waals surface area contributed by atoms with E-state index in [-0.39, 0.29) is 17.9 Å². The van der Waals surface area contributed by atoms with Crippen molar-refractivity contribution in [2.24, 2.45) is 0 Å². The van der Waals surface area contributed by atoms with Crippen LogP contribution in [-0.2, 0) is 10.0 Å². The molecule has 0 fully saturated rings. The largest absolute Gasteiger partial charge is 0.265 e. The van der Waals surface area contributed by atoms with Gasteiger partial charge in [-0.1, -0.05) is 18.2 Å². The van der Waals surface area contributed by atoms with E-state index in [2.05, 4.69) is 20.9 Å². The van der Waals surface area contributed by atoms with E-state index >= 15 is 0 Å². The molecule has 7 heteroatoms. The lowest BCUT2D eigenvalue weighted by atomic mass is 10.3. The predicted molar refractivity (Wildman–Crippen MR) is 83.1 cm³/mol. The first-order valence-electron chi connectivity index (χ1n) is 6.11. The van der Waals surface area contributed by atoms with Crippen molar-refractivity contribution in [3.63, 3.8) is 0 Å². The first kappa shape index (κ1) is 15.5. The quantitative estimate of drug-likeness (QED) is 0.816. The Hall–Kier alpha value is -1.91. The van der Waals surface area contributed by atoms with E-state index in [1.807, 2.05) is 6.07 Å². The van der Waals surface area contributed by atoms with Gasteiger partial charge in [-0.3, -0.25) is 9.29 Å². The number of para-hydroxylation sites is 1. The Bertz CT molecular complexity index is 757. The average Bonchev–Trinajstić information content (AvgIpc) is 2.48. The molecule has 0 amide bonds. The van der Waals surface area contributed by atoms with Gasteiger partial charge in [0.15, 0.2) is 0 Å². The lowest BCUT2D eigenvalue weighted by Crippen LogP contribution is -2.32. The Morgan fingerprint density at radius 3 is 2.57 bits per heavy atom. The molecule has 0 atom stereocenters. The van der Waals surface area contributed by atoms with Crippen LogP contribution in [0.2, 0.25) is 0 Å². The van der Waals surface area contributed by atoms with Gasteiger partial charge in [-0.25, -0.2) is 8.42 Å². The number of hydrogen-bond acceptors (Lipinski definition) is 4. The second-order valence-electron chi connectivity index (χ2n) is 4.16. The molecule has 1 aromatic carbocycles. The normalized spacial score (nSPS) is 10.9.